The average Bonchev–Trinajstić information content (AvgIpc) is 2.53. The van der Waals surface area contributed by atoms with E-state index in [9.17, 15) is 25.0 Å². The molecule has 0 saturated heterocycles. The van der Waals surface area contributed by atoms with Crippen molar-refractivity contribution >= 4 is 17.3 Å². The Morgan fingerprint density at radius 2 is 1.78 bits per heavy atom. The summed E-state index contributed by atoms with van der Waals surface area (Å²) in [5.74, 6) is -0.849. The topological polar surface area (TPSA) is 113 Å². The van der Waals surface area contributed by atoms with Crippen LogP contribution in [0.25, 0.3) is 0 Å². The number of nitrogens with zero attached hydrogens (tertiary/aromatic N) is 2. The molecule has 1 rings (SSSR count). The molecule has 124 valence electrons. The molecule has 0 heterocycles. The number of hydrogen-bond donors (Lipinski definition) is 0. The first kappa shape index (κ1) is 18.3. The smallest absolute Gasteiger partial charge is 0.339 e. The maximum Gasteiger partial charge on any atom is 0.339 e. The summed E-state index contributed by atoms with van der Waals surface area (Å²) in [6.07, 6.45) is 4.35. The van der Waals surface area contributed by atoms with E-state index in [0.29, 0.717) is 6.42 Å². The first-order valence-electron chi connectivity index (χ1n) is 7.16. The fourth-order valence-corrected chi connectivity index (χ4v) is 1.95. The van der Waals surface area contributed by atoms with Crippen molar-refractivity contribution in [2.24, 2.45) is 0 Å². The third-order valence-electron chi connectivity index (χ3n) is 3.17. The predicted molar refractivity (Wildman–Crippen MR) is 83.3 cm³/mol. The highest BCUT2D eigenvalue weighted by Gasteiger charge is 2.22. The second-order valence-electron chi connectivity index (χ2n) is 4.93. The Bertz CT molecular complexity index is 582. The lowest BCUT2D eigenvalue weighted by Gasteiger charge is -2.13. The summed E-state index contributed by atoms with van der Waals surface area (Å²) in [4.78, 5) is 32.1. The van der Waals surface area contributed by atoms with Gasteiger partial charge in [-0.15, -0.1) is 0 Å². The van der Waals surface area contributed by atoms with Crippen molar-refractivity contribution in [3.05, 3.63) is 56.6 Å². The number of non-ortho nitro benzene ring substituents is 2. The lowest BCUT2D eigenvalue weighted by atomic mass is 10.1. The molecule has 0 aliphatic carbocycles. The van der Waals surface area contributed by atoms with Gasteiger partial charge in [-0.25, -0.2) is 4.79 Å². The Kier molecular flexibility index (Phi) is 6.85. The van der Waals surface area contributed by atoms with Crippen molar-refractivity contribution in [2.75, 3.05) is 0 Å². The van der Waals surface area contributed by atoms with Crippen LogP contribution in [0.4, 0.5) is 11.4 Å². The normalized spacial score (nSPS) is 11.5. The van der Waals surface area contributed by atoms with Gasteiger partial charge in [-0.05, 0) is 12.8 Å². The Morgan fingerprint density at radius 1 is 1.22 bits per heavy atom. The van der Waals surface area contributed by atoms with Gasteiger partial charge >= 0.3 is 5.97 Å². The molecule has 8 heteroatoms. The van der Waals surface area contributed by atoms with Crippen LogP contribution in [0.2, 0.25) is 0 Å². The highest BCUT2D eigenvalue weighted by Crippen LogP contribution is 2.23. The SMILES string of the molecule is C=C[C@@H](CCCCC)OC(=O)c1cc([N+](=O)[O-])cc([N+](=O)[O-])c1. The van der Waals surface area contributed by atoms with Crippen LogP contribution in [-0.2, 0) is 4.74 Å². The molecular formula is C15H18N2O6. The van der Waals surface area contributed by atoms with Crippen LogP contribution in [0, 0.1) is 20.2 Å². The minimum atomic E-state index is -0.849. The lowest BCUT2D eigenvalue weighted by Crippen LogP contribution is -2.16. The third kappa shape index (κ3) is 5.50. The van der Waals surface area contributed by atoms with Crippen LogP contribution in [0.3, 0.4) is 0 Å². The molecule has 0 fully saturated rings. The lowest BCUT2D eigenvalue weighted by molar-refractivity contribution is -0.394. The molecule has 0 unspecified atom stereocenters. The zero-order valence-electron chi connectivity index (χ0n) is 12.8. The second kappa shape index (κ2) is 8.62. The Balaban J connectivity index is 2.95. The van der Waals surface area contributed by atoms with Gasteiger partial charge in [0.2, 0.25) is 0 Å². The highest BCUT2D eigenvalue weighted by atomic mass is 16.6. The zero-order chi connectivity index (χ0) is 17.4. The number of carbonyl (C=O) groups excluding carboxylic acids is 1. The molecule has 0 aliphatic heterocycles. The fourth-order valence-electron chi connectivity index (χ4n) is 1.95. The third-order valence-corrected chi connectivity index (χ3v) is 3.17. The molecule has 0 aromatic heterocycles. The number of benzene rings is 1. The first-order chi connectivity index (χ1) is 10.9. The van der Waals surface area contributed by atoms with Gasteiger partial charge in [0, 0.05) is 12.1 Å². The van der Waals surface area contributed by atoms with E-state index in [1.807, 2.05) is 6.92 Å². The van der Waals surface area contributed by atoms with Gasteiger partial charge in [-0.1, -0.05) is 32.4 Å². The molecule has 8 nitrogen and oxygen atoms in total. The molecule has 0 saturated carbocycles. The van der Waals surface area contributed by atoms with Gasteiger partial charge in [0.1, 0.15) is 6.10 Å². The first-order valence-corrected chi connectivity index (χ1v) is 7.16. The number of carbonyl (C=O) groups is 1. The van der Waals surface area contributed by atoms with E-state index in [2.05, 4.69) is 6.58 Å². The molecule has 23 heavy (non-hydrogen) atoms. The van der Waals surface area contributed by atoms with Gasteiger partial charge in [0.05, 0.1) is 21.5 Å². The molecule has 0 radical (unpaired) electrons. The summed E-state index contributed by atoms with van der Waals surface area (Å²) >= 11 is 0. The highest BCUT2D eigenvalue weighted by molar-refractivity contribution is 5.91. The largest absolute Gasteiger partial charge is 0.455 e. The number of nitro groups is 2. The summed E-state index contributed by atoms with van der Waals surface area (Å²) in [7, 11) is 0. The van der Waals surface area contributed by atoms with Crippen molar-refractivity contribution < 1.29 is 19.4 Å². The van der Waals surface area contributed by atoms with E-state index in [-0.39, 0.29) is 5.56 Å². The number of unbranched alkanes of at least 4 members (excludes halogenated alkanes) is 2. The van der Waals surface area contributed by atoms with Crippen molar-refractivity contribution in [3.8, 4) is 0 Å². The number of rotatable bonds is 9. The van der Waals surface area contributed by atoms with Crippen LogP contribution >= 0.6 is 0 Å². The molecule has 0 spiro atoms. The maximum absolute atomic E-state index is 12.1. The van der Waals surface area contributed by atoms with Crippen molar-refractivity contribution in [1.82, 2.24) is 0 Å². The number of ether oxygens (including phenoxy) is 1. The minimum absolute atomic E-state index is 0.228. The molecular weight excluding hydrogens is 304 g/mol. The molecule has 0 N–H and O–H groups in total. The molecule has 0 amide bonds. The summed E-state index contributed by atoms with van der Waals surface area (Å²) < 4.78 is 5.20. The van der Waals surface area contributed by atoms with E-state index in [1.165, 1.54) is 6.08 Å². The zero-order valence-corrected chi connectivity index (χ0v) is 12.8. The van der Waals surface area contributed by atoms with E-state index >= 15 is 0 Å². The van der Waals surface area contributed by atoms with Crippen LogP contribution in [-0.4, -0.2) is 21.9 Å². The second-order valence-corrected chi connectivity index (χ2v) is 4.93. The standard InChI is InChI=1S/C15H18N2O6/c1-3-5-6-7-14(4-2)23-15(18)11-8-12(16(19)20)10-13(9-11)17(21)22/h4,8-10,14H,2-3,5-7H2,1H3/t14-/m0/s1. The Hall–Kier alpha value is -2.77. The molecule has 1 aromatic rings. The summed E-state index contributed by atoms with van der Waals surface area (Å²) in [5, 5.41) is 21.6. The number of esters is 1. The maximum atomic E-state index is 12.1. The van der Waals surface area contributed by atoms with Crippen molar-refractivity contribution in [2.45, 2.75) is 38.7 Å². The van der Waals surface area contributed by atoms with Gasteiger partial charge in [0.25, 0.3) is 11.4 Å². The summed E-state index contributed by atoms with van der Waals surface area (Å²) in [6, 6.07) is 2.71. The van der Waals surface area contributed by atoms with Crippen LogP contribution in [0.15, 0.2) is 30.9 Å². The van der Waals surface area contributed by atoms with Gasteiger partial charge < -0.3 is 4.74 Å². The van der Waals surface area contributed by atoms with Crippen LogP contribution in [0.1, 0.15) is 43.0 Å². The molecule has 0 bridgehead atoms. The molecule has 0 aliphatic rings. The summed E-state index contributed by atoms with van der Waals surface area (Å²) in [5.41, 5.74) is -1.30. The average molecular weight is 322 g/mol. The predicted octanol–water partition coefficient (Wildman–Crippen LogP) is 3.79. The van der Waals surface area contributed by atoms with Gasteiger partial charge in [-0.2, -0.15) is 0 Å². The van der Waals surface area contributed by atoms with Crippen LogP contribution < -0.4 is 0 Å². The number of hydrogen-bond acceptors (Lipinski definition) is 6. The van der Waals surface area contributed by atoms with E-state index in [0.717, 1.165) is 37.5 Å². The minimum Gasteiger partial charge on any atom is -0.455 e. The molecule has 1 atom stereocenters. The molecule has 1 aromatic carbocycles. The van der Waals surface area contributed by atoms with E-state index in [1.54, 1.807) is 0 Å². The van der Waals surface area contributed by atoms with Gasteiger partial charge in [-0.3, -0.25) is 20.2 Å². The quantitative estimate of drug-likeness (QED) is 0.225. The van der Waals surface area contributed by atoms with Crippen molar-refractivity contribution in [1.29, 1.82) is 0 Å². The van der Waals surface area contributed by atoms with Gasteiger partial charge in [0.15, 0.2) is 0 Å². The van der Waals surface area contributed by atoms with Crippen molar-refractivity contribution in [3.63, 3.8) is 0 Å². The van der Waals surface area contributed by atoms with E-state index in [4.69, 9.17) is 4.74 Å². The summed E-state index contributed by atoms with van der Waals surface area (Å²) in [6.45, 7) is 5.62. The van der Waals surface area contributed by atoms with Crippen LogP contribution in [0.5, 0.6) is 0 Å². The Labute approximate surface area is 133 Å². The Morgan fingerprint density at radius 3 is 2.22 bits per heavy atom. The monoisotopic (exact) mass is 322 g/mol. The number of nitro benzene ring substituents is 2. The fraction of sp³-hybridized carbons (Fsp3) is 0.400. The van der Waals surface area contributed by atoms with E-state index < -0.39 is 33.3 Å².